The summed E-state index contributed by atoms with van der Waals surface area (Å²) in [6.07, 6.45) is 1.02. The quantitative estimate of drug-likeness (QED) is 0.537. The van der Waals surface area contributed by atoms with Crippen molar-refractivity contribution in [3.8, 4) is 0 Å². The average molecular weight is 258 g/mol. The highest BCUT2D eigenvalue weighted by Gasteiger charge is 2.14. The van der Waals surface area contributed by atoms with Crippen LogP contribution in [0, 0.1) is 0 Å². The fraction of sp³-hybridized carbons (Fsp3) is 0.818. The van der Waals surface area contributed by atoms with Gasteiger partial charge >= 0.3 is 6.03 Å². The SMILES string of the molecule is COCCNC(=O)NC(=O)CN1CCCNCC1. The largest absolute Gasteiger partial charge is 0.383 e. The molecule has 0 atom stereocenters. The minimum atomic E-state index is -0.468. The summed E-state index contributed by atoms with van der Waals surface area (Å²) in [6.45, 7) is 4.66. The molecule has 7 heteroatoms. The molecular formula is C11H22N4O3. The molecule has 7 nitrogen and oxygen atoms in total. The van der Waals surface area contributed by atoms with Crippen LogP contribution < -0.4 is 16.0 Å². The van der Waals surface area contributed by atoms with Crippen LogP contribution in [0.25, 0.3) is 0 Å². The van der Waals surface area contributed by atoms with Gasteiger partial charge in [0.05, 0.1) is 13.2 Å². The third-order valence-corrected chi connectivity index (χ3v) is 2.64. The zero-order chi connectivity index (χ0) is 13.2. The lowest BCUT2D eigenvalue weighted by atomic mass is 10.4. The summed E-state index contributed by atoms with van der Waals surface area (Å²) < 4.78 is 4.79. The second-order valence-electron chi connectivity index (χ2n) is 4.18. The fourth-order valence-corrected chi connectivity index (χ4v) is 1.74. The molecule has 1 rings (SSSR count). The summed E-state index contributed by atoms with van der Waals surface area (Å²) >= 11 is 0. The maximum absolute atomic E-state index is 11.6. The van der Waals surface area contributed by atoms with Crippen LogP contribution >= 0.6 is 0 Å². The Hall–Kier alpha value is -1.18. The maximum atomic E-state index is 11.6. The Bertz CT molecular complexity index is 265. The van der Waals surface area contributed by atoms with E-state index < -0.39 is 6.03 Å². The first kappa shape index (κ1) is 14.9. The number of nitrogens with zero attached hydrogens (tertiary/aromatic N) is 1. The lowest BCUT2D eigenvalue weighted by Crippen LogP contribution is -2.45. The number of ether oxygens (including phenoxy) is 1. The highest BCUT2D eigenvalue weighted by Crippen LogP contribution is 1.94. The van der Waals surface area contributed by atoms with E-state index in [0.717, 1.165) is 32.6 Å². The Kier molecular flexibility index (Phi) is 7.31. The van der Waals surface area contributed by atoms with Gasteiger partial charge in [-0.1, -0.05) is 0 Å². The lowest BCUT2D eigenvalue weighted by molar-refractivity contribution is -0.121. The Morgan fingerprint density at radius 1 is 1.33 bits per heavy atom. The molecule has 0 aliphatic carbocycles. The Balaban J connectivity index is 2.17. The number of amides is 3. The Morgan fingerprint density at radius 3 is 2.94 bits per heavy atom. The van der Waals surface area contributed by atoms with Gasteiger partial charge in [-0.05, 0) is 19.5 Å². The molecule has 0 aromatic rings. The number of imide groups is 1. The molecule has 1 fully saturated rings. The van der Waals surface area contributed by atoms with Gasteiger partial charge in [-0.15, -0.1) is 0 Å². The van der Waals surface area contributed by atoms with E-state index >= 15 is 0 Å². The van der Waals surface area contributed by atoms with Crippen molar-refractivity contribution in [1.82, 2.24) is 20.9 Å². The first-order valence-corrected chi connectivity index (χ1v) is 6.22. The number of hydrogen-bond donors (Lipinski definition) is 3. The van der Waals surface area contributed by atoms with Crippen molar-refractivity contribution in [3.63, 3.8) is 0 Å². The number of rotatable bonds is 5. The molecule has 1 heterocycles. The van der Waals surface area contributed by atoms with Crippen LogP contribution in [0.2, 0.25) is 0 Å². The van der Waals surface area contributed by atoms with E-state index in [0.29, 0.717) is 13.2 Å². The molecule has 3 amide bonds. The van der Waals surface area contributed by atoms with E-state index in [1.54, 1.807) is 7.11 Å². The summed E-state index contributed by atoms with van der Waals surface area (Å²) in [5.41, 5.74) is 0. The lowest BCUT2D eigenvalue weighted by Gasteiger charge is -2.18. The molecule has 3 N–H and O–H groups in total. The van der Waals surface area contributed by atoms with Crippen LogP contribution in [0.4, 0.5) is 4.79 Å². The van der Waals surface area contributed by atoms with E-state index in [9.17, 15) is 9.59 Å². The molecule has 0 unspecified atom stereocenters. The summed E-state index contributed by atoms with van der Waals surface area (Å²) in [5.74, 6) is -0.271. The van der Waals surface area contributed by atoms with Crippen molar-refractivity contribution in [2.75, 3.05) is 53.0 Å². The smallest absolute Gasteiger partial charge is 0.321 e. The molecule has 0 saturated carbocycles. The summed E-state index contributed by atoms with van der Waals surface area (Å²) in [6, 6.07) is -0.468. The van der Waals surface area contributed by atoms with Crippen molar-refractivity contribution in [2.24, 2.45) is 0 Å². The van der Waals surface area contributed by atoms with Crippen molar-refractivity contribution < 1.29 is 14.3 Å². The normalized spacial score (nSPS) is 16.9. The first-order chi connectivity index (χ1) is 8.72. The second kappa shape index (κ2) is 8.84. The monoisotopic (exact) mass is 258 g/mol. The van der Waals surface area contributed by atoms with Gasteiger partial charge in [-0.3, -0.25) is 15.0 Å². The molecule has 1 saturated heterocycles. The molecule has 1 aliphatic rings. The molecule has 0 radical (unpaired) electrons. The molecule has 0 aromatic heterocycles. The van der Waals surface area contributed by atoms with Crippen LogP contribution in [0.5, 0.6) is 0 Å². The van der Waals surface area contributed by atoms with E-state index in [2.05, 4.69) is 16.0 Å². The third kappa shape index (κ3) is 6.53. The van der Waals surface area contributed by atoms with Crippen molar-refractivity contribution >= 4 is 11.9 Å². The van der Waals surface area contributed by atoms with Crippen molar-refractivity contribution in [3.05, 3.63) is 0 Å². The van der Waals surface area contributed by atoms with Gasteiger partial charge in [0.25, 0.3) is 0 Å². The summed E-state index contributed by atoms with van der Waals surface area (Å²) in [5, 5.41) is 8.10. The fourth-order valence-electron chi connectivity index (χ4n) is 1.74. The van der Waals surface area contributed by atoms with Gasteiger partial charge in [0, 0.05) is 26.7 Å². The van der Waals surface area contributed by atoms with Gasteiger partial charge in [0.15, 0.2) is 0 Å². The molecular weight excluding hydrogens is 236 g/mol. The number of urea groups is 1. The van der Waals surface area contributed by atoms with E-state index in [1.807, 2.05) is 4.90 Å². The third-order valence-electron chi connectivity index (χ3n) is 2.64. The molecule has 0 spiro atoms. The predicted molar refractivity (Wildman–Crippen MR) is 67.3 cm³/mol. The van der Waals surface area contributed by atoms with Gasteiger partial charge < -0.3 is 15.4 Å². The second-order valence-corrected chi connectivity index (χ2v) is 4.18. The molecule has 104 valence electrons. The Labute approximate surface area is 107 Å². The number of carbonyl (C=O) groups excluding carboxylic acids is 2. The molecule has 18 heavy (non-hydrogen) atoms. The van der Waals surface area contributed by atoms with E-state index in [1.165, 1.54) is 0 Å². The van der Waals surface area contributed by atoms with Crippen LogP contribution in [0.3, 0.4) is 0 Å². The molecule has 0 bridgehead atoms. The average Bonchev–Trinajstić information content (AvgIpc) is 2.57. The summed E-state index contributed by atoms with van der Waals surface area (Å²) in [4.78, 5) is 24.9. The van der Waals surface area contributed by atoms with Gasteiger partial charge in [0.2, 0.25) is 5.91 Å². The minimum Gasteiger partial charge on any atom is -0.383 e. The zero-order valence-electron chi connectivity index (χ0n) is 10.8. The maximum Gasteiger partial charge on any atom is 0.321 e. The topological polar surface area (TPSA) is 82.7 Å². The first-order valence-electron chi connectivity index (χ1n) is 6.22. The highest BCUT2D eigenvalue weighted by molar-refractivity contribution is 5.95. The number of methoxy groups -OCH3 is 1. The highest BCUT2D eigenvalue weighted by atomic mass is 16.5. The van der Waals surface area contributed by atoms with Gasteiger partial charge in [-0.25, -0.2) is 4.79 Å². The van der Waals surface area contributed by atoms with Crippen LogP contribution in [-0.2, 0) is 9.53 Å². The Morgan fingerprint density at radius 2 is 2.17 bits per heavy atom. The minimum absolute atomic E-state index is 0.263. The van der Waals surface area contributed by atoms with Crippen molar-refractivity contribution in [2.45, 2.75) is 6.42 Å². The predicted octanol–water partition coefficient (Wildman–Crippen LogP) is -1.25. The number of nitrogens with one attached hydrogen (secondary N) is 3. The number of carbonyl (C=O) groups is 2. The van der Waals surface area contributed by atoms with Crippen LogP contribution in [0.15, 0.2) is 0 Å². The van der Waals surface area contributed by atoms with Crippen molar-refractivity contribution in [1.29, 1.82) is 0 Å². The standard InChI is InChI=1S/C11H22N4O3/c1-18-8-5-13-11(17)14-10(16)9-15-6-2-3-12-4-7-15/h12H,2-9H2,1H3,(H2,13,14,16,17). The van der Waals surface area contributed by atoms with Crippen LogP contribution in [0.1, 0.15) is 6.42 Å². The van der Waals surface area contributed by atoms with Gasteiger partial charge in [-0.2, -0.15) is 0 Å². The van der Waals surface area contributed by atoms with E-state index in [4.69, 9.17) is 4.74 Å². The molecule has 1 aliphatic heterocycles. The summed E-state index contributed by atoms with van der Waals surface area (Å²) in [7, 11) is 1.55. The van der Waals surface area contributed by atoms with Gasteiger partial charge in [0.1, 0.15) is 0 Å². The van der Waals surface area contributed by atoms with E-state index in [-0.39, 0.29) is 12.5 Å². The zero-order valence-corrected chi connectivity index (χ0v) is 10.8. The molecule has 0 aromatic carbocycles. The van der Waals surface area contributed by atoms with Crippen LogP contribution in [-0.4, -0.2) is 69.8 Å². The number of hydrogen-bond acceptors (Lipinski definition) is 5.